The zero-order chi connectivity index (χ0) is 15.2. The third-order valence-corrected chi connectivity index (χ3v) is 3.22. The van der Waals surface area contributed by atoms with E-state index in [2.05, 4.69) is 0 Å². The molecule has 1 atom stereocenters. The molecular weight excluding hydrogens is 292 g/mol. The smallest absolute Gasteiger partial charge is 0.345 e. The average Bonchev–Trinajstić information content (AvgIpc) is 2.49. The molecule has 0 saturated carbocycles. The van der Waals surface area contributed by atoms with Crippen molar-refractivity contribution in [1.29, 1.82) is 0 Å². The first-order chi connectivity index (χ1) is 10.1. The van der Waals surface area contributed by atoms with Crippen LogP contribution in [0.2, 0.25) is 5.02 Å². The number of rotatable bonds is 6. The quantitative estimate of drug-likeness (QED) is 0.888. The van der Waals surface area contributed by atoms with E-state index in [4.69, 9.17) is 21.1 Å². The van der Waals surface area contributed by atoms with E-state index in [-0.39, 0.29) is 6.42 Å². The van der Waals surface area contributed by atoms with Crippen molar-refractivity contribution in [3.63, 3.8) is 0 Å². The maximum atomic E-state index is 11.4. The molecule has 0 aliphatic carbocycles. The summed E-state index contributed by atoms with van der Waals surface area (Å²) in [5, 5.41) is 9.89. The fourth-order valence-corrected chi connectivity index (χ4v) is 2.05. The van der Waals surface area contributed by atoms with Gasteiger partial charge in [-0.3, -0.25) is 0 Å². The van der Waals surface area contributed by atoms with E-state index in [1.165, 1.54) is 0 Å². The van der Waals surface area contributed by atoms with Crippen LogP contribution >= 0.6 is 11.6 Å². The summed E-state index contributed by atoms with van der Waals surface area (Å²) in [6, 6.07) is 13.9. The minimum atomic E-state index is -1.03. The molecule has 0 saturated heterocycles. The Morgan fingerprint density at radius 1 is 1.19 bits per heavy atom. The van der Waals surface area contributed by atoms with Gasteiger partial charge in [-0.15, -0.1) is 0 Å². The lowest BCUT2D eigenvalue weighted by molar-refractivity contribution is -0.145. The molecule has 1 N–H and O–H groups in total. The summed E-state index contributed by atoms with van der Waals surface area (Å²) in [4.78, 5) is 11.4. The summed E-state index contributed by atoms with van der Waals surface area (Å²) in [7, 11) is 1.55. The maximum Gasteiger partial charge on any atom is 0.345 e. The minimum Gasteiger partial charge on any atom is -0.496 e. The Kier molecular flexibility index (Phi) is 5.06. The summed E-state index contributed by atoms with van der Waals surface area (Å²) in [5.74, 6) is 0.0704. The Balaban J connectivity index is 2.16. The van der Waals surface area contributed by atoms with Gasteiger partial charge in [0.25, 0.3) is 0 Å². The van der Waals surface area contributed by atoms with Crippen LogP contribution < -0.4 is 9.47 Å². The molecule has 0 fully saturated rings. The summed E-state index contributed by atoms with van der Waals surface area (Å²) in [6.45, 7) is 0. The number of hydrogen-bond acceptors (Lipinski definition) is 3. The Bertz CT molecular complexity index is 610. The van der Waals surface area contributed by atoms with Gasteiger partial charge in [0, 0.05) is 11.4 Å². The molecule has 21 heavy (non-hydrogen) atoms. The molecule has 2 aromatic carbocycles. The van der Waals surface area contributed by atoms with Crippen molar-refractivity contribution in [2.45, 2.75) is 12.5 Å². The lowest BCUT2D eigenvalue weighted by atomic mass is 10.1. The van der Waals surface area contributed by atoms with Crippen LogP contribution in [0.4, 0.5) is 0 Å². The van der Waals surface area contributed by atoms with Crippen LogP contribution in [-0.2, 0) is 11.2 Å². The van der Waals surface area contributed by atoms with Crippen molar-refractivity contribution in [3.05, 3.63) is 59.1 Å². The van der Waals surface area contributed by atoms with Crippen LogP contribution in [0, 0.1) is 0 Å². The second kappa shape index (κ2) is 6.99. The van der Waals surface area contributed by atoms with Crippen LogP contribution in [-0.4, -0.2) is 24.3 Å². The highest BCUT2D eigenvalue weighted by atomic mass is 35.5. The van der Waals surface area contributed by atoms with E-state index < -0.39 is 12.1 Å². The average molecular weight is 307 g/mol. The molecule has 4 nitrogen and oxygen atoms in total. The standard InChI is InChI=1S/C16H15ClO4/c1-20-14-5-3-2-4-11(14)10-15(16(18)19)21-13-8-6-12(17)7-9-13/h2-9,15H,10H2,1H3,(H,18,19). The van der Waals surface area contributed by atoms with Crippen molar-refractivity contribution in [2.24, 2.45) is 0 Å². The van der Waals surface area contributed by atoms with Crippen LogP contribution in [0.15, 0.2) is 48.5 Å². The molecule has 0 radical (unpaired) electrons. The van der Waals surface area contributed by atoms with Crippen LogP contribution in [0.5, 0.6) is 11.5 Å². The van der Waals surface area contributed by atoms with E-state index in [9.17, 15) is 9.90 Å². The third kappa shape index (κ3) is 4.13. The van der Waals surface area contributed by atoms with Gasteiger partial charge in [0.2, 0.25) is 0 Å². The molecule has 0 aliphatic rings. The van der Waals surface area contributed by atoms with Crippen LogP contribution in [0.1, 0.15) is 5.56 Å². The third-order valence-electron chi connectivity index (χ3n) is 2.97. The number of para-hydroxylation sites is 1. The van der Waals surface area contributed by atoms with Gasteiger partial charge in [-0.2, -0.15) is 0 Å². The summed E-state index contributed by atoms with van der Waals surface area (Å²) in [5.41, 5.74) is 0.779. The monoisotopic (exact) mass is 306 g/mol. The molecule has 0 spiro atoms. The molecule has 5 heteroatoms. The van der Waals surface area contributed by atoms with Gasteiger partial charge >= 0.3 is 5.97 Å². The summed E-state index contributed by atoms with van der Waals surface area (Å²) >= 11 is 5.79. The number of carboxylic acid groups (broad SMARTS) is 1. The lowest BCUT2D eigenvalue weighted by Crippen LogP contribution is -2.29. The Hall–Kier alpha value is -2.20. The van der Waals surface area contributed by atoms with E-state index in [0.717, 1.165) is 5.56 Å². The Morgan fingerprint density at radius 3 is 2.48 bits per heavy atom. The van der Waals surface area contributed by atoms with Gasteiger partial charge in [0.05, 0.1) is 7.11 Å². The van der Waals surface area contributed by atoms with Gasteiger partial charge in [-0.1, -0.05) is 29.8 Å². The molecule has 0 heterocycles. The zero-order valence-corrected chi connectivity index (χ0v) is 12.2. The molecule has 2 rings (SSSR count). The van der Waals surface area contributed by atoms with Crippen molar-refractivity contribution in [2.75, 3.05) is 7.11 Å². The first-order valence-electron chi connectivity index (χ1n) is 6.37. The number of hydrogen-bond donors (Lipinski definition) is 1. The van der Waals surface area contributed by atoms with Gasteiger partial charge in [0.15, 0.2) is 6.10 Å². The predicted molar refractivity (Wildman–Crippen MR) is 80.2 cm³/mol. The second-order valence-corrected chi connectivity index (χ2v) is 4.85. The normalized spacial score (nSPS) is 11.7. The van der Waals surface area contributed by atoms with Crippen LogP contribution in [0.3, 0.4) is 0 Å². The molecule has 110 valence electrons. The summed E-state index contributed by atoms with van der Waals surface area (Å²) < 4.78 is 10.7. The highest BCUT2D eigenvalue weighted by Gasteiger charge is 2.21. The first-order valence-corrected chi connectivity index (χ1v) is 6.75. The number of halogens is 1. The van der Waals surface area contributed by atoms with Gasteiger partial charge in [-0.05, 0) is 35.9 Å². The number of aliphatic carboxylic acids is 1. The molecule has 0 amide bonds. The minimum absolute atomic E-state index is 0.210. The molecule has 2 aromatic rings. The number of methoxy groups -OCH3 is 1. The summed E-state index contributed by atoms with van der Waals surface area (Å²) in [6.07, 6.45) is -0.787. The van der Waals surface area contributed by atoms with Crippen molar-refractivity contribution >= 4 is 17.6 Å². The SMILES string of the molecule is COc1ccccc1CC(Oc1ccc(Cl)cc1)C(=O)O. The van der Waals surface area contributed by atoms with Crippen LogP contribution in [0.25, 0.3) is 0 Å². The number of carboxylic acids is 1. The molecule has 0 bridgehead atoms. The fraction of sp³-hybridized carbons (Fsp3) is 0.188. The molecule has 0 aromatic heterocycles. The van der Waals surface area contributed by atoms with Gasteiger partial charge in [-0.25, -0.2) is 4.79 Å². The first kappa shape index (κ1) is 15.2. The fourth-order valence-electron chi connectivity index (χ4n) is 1.93. The van der Waals surface area contributed by atoms with Gasteiger partial charge in [0.1, 0.15) is 11.5 Å². The number of carbonyl (C=O) groups is 1. The molecular formula is C16H15ClO4. The Morgan fingerprint density at radius 2 is 1.86 bits per heavy atom. The van der Waals surface area contributed by atoms with E-state index in [1.807, 2.05) is 18.2 Å². The highest BCUT2D eigenvalue weighted by Crippen LogP contribution is 2.22. The predicted octanol–water partition coefficient (Wildman–Crippen LogP) is 3.42. The second-order valence-electron chi connectivity index (χ2n) is 4.41. The van der Waals surface area contributed by atoms with Crippen molar-refractivity contribution < 1.29 is 19.4 Å². The lowest BCUT2D eigenvalue weighted by Gasteiger charge is -2.16. The van der Waals surface area contributed by atoms with Crippen molar-refractivity contribution in [3.8, 4) is 11.5 Å². The molecule has 1 unspecified atom stereocenters. The van der Waals surface area contributed by atoms with E-state index in [1.54, 1.807) is 37.4 Å². The van der Waals surface area contributed by atoms with Gasteiger partial charge < -0.3 is 14.6 Å². The zero-order valence-electron chi connectivity index (χ0n) is 11.5. The largest absolute Gasteiger partial charge is 0.496 e. The Labute approximate surface area is 127 Å². The van der Waals surface area contributed by atoms with E-state index in [0.29, 0.717) is 16.5 Å². The van der Waals surface area contributed by atoms with Crippen molar-refractivity contribution in [1.82, 2.24) is 0 Å². The van der Waals surface area contributed by atoms with E-state index >= 15 is 0 Å². The number of ether oxygens (including phenoxy) is 2. The topological polar surface area (TPSA) is 55.8 Å². The highest BCUT2D eigenvalue weighted by molar-refractivity contribution is 6.30. The molecule has 0 aliphatic heterocycles. The maximum absolute atomic E-state index is 11.4. The number of benzene rings is 2.